The van der Waals surface area contributed by atoms with Gasteiger partial charge in [-0.15, -0.1) is 0 Å². The van der Waals surface area contributed by atoms with E-state index in [1.165, 1.54) is 94.4 Å². The molecule has 0 amide bonds. The highest BCUT2D eigenvalue weighted by atomic mass is 79.9. The van der Waals surface area contributed by atoms with Crippen LogP contribution in [-0.2, 0) is 0 Å². The van der Waals surface area contributed by atoms with Crippen molar-refractivity contribution in [3.8, 4) is 0 Å². The Bertz CT molecular complexity index is 196. The van der Waals surface area contributed by atoms with Gasteiger partial charge in [0, 0.05) is 0 Å². The third kappa shape index (κ3) is 9.88. The van der Waals surface area contributed by atoms with Crippen molar-refractivity contribution in [3.63, 3.8) is 0 Å². The smallest absolute Gasteiger partial charge is 0.00892 e. The predicted molar refractivity (Wildman–Crippen MR) is 81.6 cm³/mol. The largest absolute Gasteiger partial charge is 0.0744 e. The van der Waals surface area contributed by atoms with Crippen molar-refractivity contribution in [2.45, 2.75) is 89.9 Å². The molecule has 0 aliphatic heterocycles. The van der Waals surface area contributed by atoms with Crippen LogP contribution in [0.2, 0.25) is 0 Å². The zero-order valence-corrected chi connectivity index (χ0v) is 12.9. The summed E-state index contributed by atoms with van der Waals surface area (Å²) in [6, 6.07) is 0. The average Bonchev–Trinajstić information content (AvgIpc) is 2.32. The summed E-state index contributed by atoms with van der Waals surface area (Å²) in [5.74, 6) is 0. The fourth-order valence-electron chi connectivity index (χ4n) is 2.57. The molecular weight excluding hydrogens is 272 g/mol. The molecule has 0 unspecified atom stereocenters. The maximum Gasteiger partial charge on any atom is -0.00892 e. The normalized spacial score (nSPS) is 26.1. The van der Waals surface area contributed by atoms with Gasteiger partial charge in [0.05, 0.1) is 0 Å². The third-order valence-electron chi connectivity index (χ3n) is 3.74. The summed E-state index contributed by atoms with van der Waals surface area (Å²) < 4.78 is 1.45. The van der Waals surface area contributed by atoms with Gasteiger partial charge >= 0.3 is 0 Å². The van der Waals surface area contributed by atoms with E-state index in [0.717, 1.165) is 0 Å². The molecule has 1 heteroatoms. The SMILES string of the molecule is Br/C1=C/CCCCCCCCCCCCCC1. The summed E-state index contributed by atoms with van der Waals surface area (Å²) in [5, 5.41) is 0. The van der Waals surface area contributed by atoms with Crippen LogP contribution >= 0.6 is 15.9 Å². The molecule has 0 atom stereocenters. The van der Waals surface area contributed by atoms with E-state index in [1.807, 2.05) is 0 Å². The van der Waals surface area contributed by atoms with Gasteiger partial charge in [-0.25, -0.2) is 0 Å². The van der Waals surface area contributed by atoms with Crippen LogP contribution in [-0.4, -0.2) is 0 Å². The van der Waals surface area contributed by atoms with Gasteiger partial charge in [0.2, 0.25) is 0 Å². The second-order valence-electron chi connectivity index (χ2n) is 5.43. The Kier molecular flexibility index (Phi) is 10.2. The van der Waals surface area contributed by atoms with E-state index < -0.39 is 0 Å². The summed E-state index contributed by atoms with van der Waals surface area (Å²) >= 11 is 3.70. The lowest BCUT2D eigenvalue weighted by Crippen LogP contribution is -1.84. The molecule has 1 aliphatic rings. The van der Waals surface area contributed by atoms with E-state index in [1.54, 1.807) is 0 Å². The van der Waals surface area contributed by atoms with Crippen molar-refractivity contribution in [2.75, 3.05) is 0 Å². The molecule has 17 heavy (non-hydrogen) atoms. The van der Waals surface area contributed by atoms with Gasteiger partial charge in [0.1, 0.15) is 0 Å². The van der Waals surface area contributed by atoms with Gasteiger partial charge in [-0.1, -0.05) is 86.2 Å². The molecule has 1 rings (SSSR count). The first-order chi connectivity index (χ1) is 8.39. The highest BCUT2D eigenvalue weighted by Crippen LogP contribution is 2.19. The van der Waals surface area contributed by atoms with Crippen LogP contribution in [0.3, 0.4) is 0 Å². The molecule has 0 heterocycles. The van der Waals surface area contributed by atoms with Crippen molar-refractivity contribution in [3.05, 3.63) is 10.6 Å². The number of hydrogen-bond donors (Lipinski definition) is 0. The Balaban J connectivity index is 2.18. The van der Waals surface area contributed by atoms with Crippen molar-refractivity contribution in [1.82, 2.24) is 0 Å². The van der Waals surface area contributed by atoms with Gasteiger partial charge in [-0.2, -0.15) is 0 Å². The van der Waals surface area contributed by atoms with Crippen LogP contribution in [0.15, 0.2) is 10.6 Å². The van der Waals surface area contributed by atoms with Crippen molar-refractivity contribution < 1.29 is 0 Å². The van der Waals surface area contributed by atoms with Crippen LogP contribution in [0.4, 0.5) is 0 Å². The van der Waals surface area contributed by atoms with E-state index >= 15 is 0 Å². The van der Waals surface area contributed by atoms with Crippen LogP contribution in [0.25, 0.3) is 0 Å². The van der Waals surface area contributed by atoms with E-state index in [-0.39, 0.29) is 0 Å². The lowest BCUT2D eigenvalue weighted by atomic mass is 10.0. The topological polar surface area (TPSA) is 0 Å². The number of allylic oxidation sites excluding steroid dienone is 2. The fourth-order valence-corrected chi connectivity index (χ4v) is 3.08. The van der Waals surface area contributed by atoms with Crippen molar-refractivity contribution in [1.29, 1.82) is 0 Å². The Morgan fingerprint density at radius 3 is 1.53 bits per heavy atom. The van der Waals surface area contributed by atoms with Crippen molar-refractivity contribution >= 4 is 15.9 Å². The van der Waals surface area contributed by atoms with Crippen LogP contribution in [0.5, 0.6) is 0 Å². The summed E-state index contributed by atoms with van der Waals surface area (Å²) in [6.07, 6.45) is 22.3. The summed E-state index contributed by atoms with van der Waals surface area (Å²) in [5.41, 5.74) is 0. The van der Waals surface area contributed by atoms with Crippen molar-refractivity contribution in [2.24, 2.45) is 0 Å². The molecule has 100 valence electrons. The number of halogens is 1. The quantitative estimate of drug-likeness (QED) is 0.464. The molecule has 0 saturated carbocycles. The predicted octanol–water partition coefficient (Wildman–Crippen LogP) is 6.74. The van der Waals surface area contributed by atoms with E-state index in [0.29, 0.717) is 0 Å². The second-order valence-corrected chi connectivity index (χ2v) is 6.45. The Hall–Kier alpha value is 0.220. The minimum Gasteiger partial charge on any atom is -0.0744 e. The summed E-state index contributed by atoms with van der Waals surface area (Å²) in [4.78, 5) is 0. The van der Waals surface area contributed by atoms with Crippen LogP contribution in [0.1, 0.15) is 89.9 Å². The molecule has 1 aliphatic carbocycles. The van der Waals surface area contributed by atoms with Gasteiger partial charge in [-0.3, -0.25) is 0 Å². The average molecular weight is 301 g/mol. The first-order valence-corrected chi connectivity index (χ1v) is 8.53. The van der Waals surface area contributed by atoms with Crippen LogP contribution < -0.4 is 0 Å². The number of rotatable bonds is 0. The minimum absolute atomic E-state index is 1.26. The Labute approximate surface area is 116 Å². The zero-order chi connectivity index (χ0) is 12.2. The van der Waals surface area contributed by atoms with E-state index in [4.69, 9.17) is 0 Å². The minimum atomic E-state index is 1.26. The molecule has 0 aromatic rings. The van der Waals surface area contributed by atoms with E-state index in [9.17, 15) is 0 Å². The molecule has 0 aromatic carbocycles. The summed E-state index contributed by atoms with van der Waals surface area (Å²) in [7, 11) is 0. The maximum absolute atomic E-state index is 3.70. The lowest BCUT2D eigenvalue weighted by molar-refractivity contribution is 0.540. The first kappa shape index (κ1) is 15.3. The number of hydrogen-bond acceptors (Lipinski definition) is 0. The van der Waals surface area contributed by atoms with Gasteiger partial charge in [-0.05, 0) is 30.2 Å². The molecule has 0 radical (unpaired) electrons. The molecule has 0 N–H and O–H groups in total. The third-order valence-corrected chi connectivity index (χ3v) is 4.46. The van der Waals surface area contributed by atoms with E-state index in [2.05, 4.69) is 22.0 Å². The fraction of sp³-hybridized carbons (Fsp3) is 0.875. The summed E-state index contributed by atoms with van der Waals surface area (Å²) in [6.45, 7) is 0. The molecule has 0 saturated heterocycles. The molecule has 0 bridgehead atoms. The van der Waals surface area contributed by atoms with Gasteiger partial charge < -0.3 is 0 Å². The highest BCUT2D eigenvalue weighted by molar-refractivity contribution is 9.11. The van der Waals surface area contributed by atoms with Gasteiger partial charge in [0.15, 0.2) is 0 Å². The van der Waals surface area contributed by atoms with Gasteiger partial charge in [0.25, 0.3) is 0 Å². The first-order valence-electron chi connectivity index (χ1n) is 7.74. The Morgan fingerprint density at radius 1 is 0.588 bits per heavy atom. The zero-order valence-electron chi connectivity index (χ0n) is 11.4. The van der Waals surface area contributed by atoms with Crippen LogP contribution in [0, 0.1) is 0 Å². The molecular formula is C16H29Br. The lowest BCUT2D eigenvalue weighted by Gasteiger charge is -2.05. The molecule has 0 aromatic heterocycles. The molecule has 0 nitrogen and oxygen atoms in total. The maximum atomic E-state index is 3.70. The Morgan fingerprint density at radius 2 is 1.00 bits per heavy atom. The molecule has 0 fully saturated rings. The second kappa shape index (κ2) is 11.3. The standard InChI is InChI=1S/C16H29Br/c17-16-14-12-10-8-6-4-2-1-3-5-7-9-11-13-15-16/h14H,1-13,15H2/b16-14+. The highest BCUT2D eigenvalue weighted by Gasteiger charge is 1.97. The monoisotopic (exact) mass is 300 g/mol. The molecule has 0 spiro atoms.